The SMILES string of the molecule is C=N/C(=C1/C=CC=C/C1=N/Cc1cccc2c1sc1ccc(Br)cc12)c1ccccc1. The molecular formula is C27H19BrN2S. The Bertz CT molecular complexity index is 1420. The molecule has 0 amide bonds. The molecule has 0 N–H and O–H groups in total. The summed E-state index contributed by atoms with van der Waals surface area (Å²) in [6.07, 6.45) is 8.15. The summed E-state index contributed by atoms with van der Waals surface area (Å²) in [7, 11) is 0. The molecule has 1 aliphatic rings. The molecule has 1 aromatic heterocycles. The monoisotopic (exact) mass is 482 g/mol. The van der Waals surface area contributed by atoms with Crippen LogP contribution in [0.4, 0.5) is 0 Å². The van der Waals surface area contributed by atoms with Crippen LogP contribution < -0.4 is 0 Å². The summed E-state index contributed by atoms with van der Waals surface area (Å²) in [5, 5.41) is 2.57. The smallest absolute Gasteiger partial charge is 0.0788 e. The molecule has 2 nitrogen and oxygen atoms in total. The molecule has 150 valence electrons. The van der Waals surface area contributed by atoms with Crippen LogP contribution in [0.2, 0.25) is 0 Å². The van der Waals surface area contributed by atoms with E-state index in [1.54, 1.807) is 0 Å². The van der Waals surface area contributed by atoms with Crippen molar-refractivity contribution < 1.29 is 0 Å². The lowest BCUT2D eigenvalue weighted by atomic mass is 9.99. The van der Waals surface area contributed by atoms with Crippen molar-refractivity contribution in [3.63, 3.8) is 0 Å². The maximum Gasteiger partial charge on any atom is 0.0788 e. The molecule has 0 saturated heterocycles. The first kappa shape index (κ1) is 19.9. The summed E-state index contributed by atoms with van der Waals surface area (Å²) >= 11 is 5.43. The van der Waals surface area contributed by atoms with Gasteiger partial charge in [0.2, 0.25) is 0 Å². The van der Waals surface area contributed by atoms with E-state index >= 15 is 0 Å². The predicted octanol–water partition coefficient (Wildman–Crippen LogP) is 8.00. The molecule has 0 fully saturated rings. The van der Waals surface area contributed by atoms with Gasteiger partial charge in [0.15, 0.2) is 0 Å². The number of fused-ring (bicyclic) bond motifs is 3. The fraction of sp³-hybridized carbons (Fsp3) is 0.0370. The zero-order valence-electron chi connectivity index (χ0n) is 16.8. The van der Waals surface area contributed by atoms with Crippen molar-refractivity contribution >= 4 is 65.6 Å². The number of rotatable bonds is 4. The van der Waals surface area contributed by atoms with Crippen LogP contribution in [0.15, 0.2) is 111 Å². The van der Waals surface area contributed by atoms with Crippen molar-refractivity contribution in [2.45, 2.75) is 6.54 Å². The molecule has 1 aliphatic carbocycles. The fourth-order valence-electron chi connectivity index (χ4n) is 3.86. The number of allylic oxidation sites excluding steroid dienone is 5. The third kappa shape index (κ3) is 3.85. The summed E-state index contributed by atoms with van der Waals surface area (Å²) in [4.78, 5) is 9.33. The Morgan fingerprint density at radius 3 is 2.58 bits per heavy atom. The van der Waals surface area contributed by atoms with Gasteiger partial charge >= 0.3 is 0 Å². The van der Waals surface area contributed by atoms with E-state index in [0.29, 0.717) is 6.54 Å². The summed E-state index contributed by atoms with van der Waals surface area (Å²) < 4.78 is 3.69. The molecule has 0 spiro atoms. The first-order valence-electron chi connectivity index (χ1n) is 10.0. The first-order valence-corrected chi connectivity index (χ1v) is 11.6. The zero-order chi connectivity index (χ0) is 21.2. The van der Waals surface area contributed by atoms with Crippen LogP contribution in [-0.2, 0) is 6.54 Å². The number of benzene rings is 3. The number of aliphatic imine (C=N–C) groups is 2. The molecule has 4 heteroatoms. The van der Waals surface area contributed by atoms with Crippen molar-refractivity contribution in [1.29, 1.82) is 0 Å². The Morgan fingerprint density at radius 1 is 0.903 bits per heavy atom. The number of nitrogens with zero attached hydrogens (tertiary/aromatic N) is 2. The Kier molecular flexibility index (Phi) is 5.49. The van der Waals surface area contributed by atoms with Gasteiger partial charge in [0.1, 0.15) is 0 Å². The highest BCUT2D eigenvalue weighted by Crippen LogP contribution is 2.37. The average molecular weight is 483 g/mol. The number of hydrogen-bond donors (Lipinski definition) is 0. The molecule has 0 atom stereocenters. The quantitative estimate of drug-likeness (QED) is 0.263. The van der Waals surface area contributed by atoms with E-state index in [0.717, 1.165) is 27.0 Å². The van der Waals surface area contributed by atoms with E-state index in [2.05, 4.69) is 82.2 Å². The second-order valence-electron chi connectivity index (χ2n) is 7.24. The largest absolute Gasteiger partial charge is 0.280 e. The first-order chi connectivity index (χ1) is 15.2. The molecule has 4 aromatic rings. The van der Waals surface area contributed by atoms with Gasteiger partial charge in [-0.1, -0.05) is 82.7 Å². The minimum atomic E-state index is 0.613. The molecule has 1 heterocycles. The summed E-state index contributed by atoms with van der Waals surface area (Å²) in [6.45, 7) is 4.43. The number of thiophene rings is 1. The van der Waals surface area contributed by atoms with E-state index in [9.17, 15) is 0 Å². The van der Waals surface area contributed by atoms with Gasteiger partial charge in [0.05, 0.1) is 18.0 Å². The Labute approximate surface area is 193 Å². The van der Waals surface area contributed by atoms with Crippen LogP contribution >= 0.6 is 27.3 Å². The van der Waals surface area contributed by atoms with Crippen molar-refractivity contribution in [1.82, 2.24) is 0 Å². The maximum atomic E-state index is 5.00. The van der Waals surface area contributed by atoms with Gasteiger partial charge in [-0.15, -0.1) is 11.3 Å². The summed E-state index contributed by atoms with van der Waals surface area (Å²) in [5.74, 6) is 0. The maximum absolute atomic E-state index is 5.00. The van der Waals surface area contributed by atoms with Crippen molar-refractivity contribution in [3.05, 3.63) is 112 Å². The lowest BCUT2D eigenvalue weighted by Crippen LogP contribution is -2.04. The molecule has 31 heavy (non-hydrogen) atoms. The molecule has 0 radical (unpaired) electrons. The Balaban J connectivity index is 1.58. The van der Waals surface area contributed by atoms with E-state index in [-0.39, 0.29) is 0 Å². The highest BCUT2D eigenvalue weighted by molar-refractivity contribution is 9.10. The summed E-state index contributed by atoms with van der Waals surface area (Å²) in [6, 6.07) is 23.1. The second kappa shape index (κ2) is 8.58. The highest BCUT2D eigenvalue weighted by atomic mass is 79.9. The lowest BCUT2D eigenvalue weighted by molar-refractivity contribution is 1.09. The van der Waals surface area contributed by atoms with E-state index in [1.807, 2.05) is 47.8 Å². The molecule has 0 bridgehead atoms. The van der Waals surface area contributed by atoms with Crippen LogP contribution in [0.5, 0.6) is 0 Å². The minimum Gasteiger partial charge on any atom is -0.280 e. The van der Waals surface area contributed by atoms with Crippen LogP contribution in [0.3, 0.4) is 0 Å². The molecule has 3 aromatic carbocycles. The van der Waals surface area contributed by atoms with Gasteiger partial charge in [-0.25, -0.2) is 0 Å². The number of hydrogen-bond acceptors (Lipinski definition) is 3. The second-order valence-corrected chi connectivity index (χ2v) is 9.21. The molecule has 0 saturated carbocycles. The van der Waals surface area contributed by atoms with Crippen LogP contribution in [-0.4, -0.2) is 12.4 Å². The van der Waals surface area contributed by atoms with E-state index < -0.39 is 0 Å². The average Bonchev–Trinajstić information content (AvgIpc) is 3.18. The third-order valence-corrected chi connectivity index (χ3v) is 7.08. The summed E-state index contributed by atoms with van der Waals surface area (Å²) in [5.41, 5.74) is 5.05. The normalized spacial score (nSPS) is 16.4. The molecule has 0 unspecified atom stereocenters. The van der Waals surface area contributed by atoms with Crippen LogP contribution in [0, 0.1) is 0 Å². The lowest BCUT2D eigenvalue weighted by Gasteiger charge is -2.12. The topological polar surface area (TPSA) is 24.7 Å². The van der Waals surface area contributed by atoms with Gasteiger partial charge in [0.25, 0.3) is 0 Å². The van der Waals surface area contributed by atoms with Gasteiger partial charge in [-0.3, -0.25) is 9.98 Å². The van der Waals surface area contributed by atoms with E-state index in [4.69, 9.17) is 4.99 Å². The van der Waals surface area contributed by atoms with Gasteiger partial charge in [0, 0.05) is 35.8 Å². The van der Waals surface area contributed by atoms with Crippen molar-refractivity contribution in [2.24, 2.45) is 9.98 Å². The minimum absolute atomic E-state index is 0.613. The third-order valence-electron chi connectivity index (χ3n) is 5.32. The highest BCUT2D eigenvalue weighted by Gasteiger charge is 2.13. The Hall–Kier alpha value is -3.08. The molecule has 5 rings (SSSR count). The fourth-order valence-corrected chi connectivity index (χ4v) is 5.41. The Morgan fingerprint density at radius 2 is 1.74 bits per heavy atom. The zero-order valence-corrected chi connectivity index (χ0v) is 19.2. The van der Waals surface area contributed by atoms with Gasteiger partial charge in [-0.2, -0.15) is 0 Å². The standard InChI is InChI=1S/C27H19BrN2S/c1-29-26(18-8-3-2-4-9-18)22-11-5-6-13-24(22)30-17-19-10-7-12-21-23-16-20(28)14-15-25(23)31-27(19)21/h2-16H,1,17H2/b26-22-,30-24-. The van der Waals surface area contributed by atoms with Crippen LogP contribution in [0.25, 0.3) is 25.9 Å². The van der Waals surface area contributed by atoms with Gasteiger partial charge in [-0.05, 0) is 36.6 Å². The molecule has 0 aliphatic heterocycles. The van der Waals surface area contributed by atoms with Crippen molar-refractivity contribution in [3.8, 4) is 0 Å². The predicted molar refractivity (Wildman–Crippen MR) is 139 cm³/mol. The van der Waals surface area contributed by atoms with Crippen LogP contribution in [0.1, 0.15) is 11.1 Å². The molecular weight excluding hydrogens is 464 g/mol. The van der Waals surface area contributed by atoms with Crippen molar-refractivity contribution in [2.75, 3.05) is 0 Å². The number of halogens is 1. The van der Waals surface area contributed by atoms with E-state index in [1.165, 1.54) is 25.7 Å². The van der Waals surface area contributed by atoms with Gasteiger partial charge < -0.3 is 0 Å².